The fourth-order valence-corrected chi connectivity index (χ4v) is 4.86. The van der Waals surface area contributed by atoms with Gasteiger partial charge in [0.2, 0.25) is 5.91 Å². The van der Waals surface area contributed by atoms with Crippen molar-refractivity contribution >= 4 is 17.7 Å². The molecule has 2 saturated heterocycles. The maximum Gasteiger partial charge on any atom is 0.256 e. The van der Waals surface area contributed by atoms with Gasteiger partial charge in [-0.25, -0.2) is 4.39 Å². The number of aryl methyl sites for hydroxylation is 1. The highest BCUT2D eigenvalue weighted by atomic mass is 19.1. The van der Waals surface area contributed by atoms with E-state index >= 15 is 0 Å². The molecule has 2 fully saturated rings. The van der Waals surface area contributed by atoms with Crippen LogP contribution in [0.5, 0.6) is 0 Å². The molecular weight excluding hydrogens is 433 g/mol. The molecule has 0 bridgehead atoms. The molecule has 3 amide bonds. The summed E-state index contributed by atoms with van der Waals surface area (Å²) in [4.78, 5) is 42.8. The first-order valence-corrected chi connectivity index (χ1v) is 12.1. The molecule has 180 valence electrons. The molecule has 0 saturated carbocycles. The number of hydrogen-bond acceptors (Lipinski definition) is 3. The van der Waals surface area contributed by atoms with Crippen molar-refractivity contribution in [3.8, 4) is 0 Å². The summed E-state index contributed by atoms with van der Waals surface area (Å²) in [5, 5.41) is 3.01. The number of halogens is 1. The minimum atomic E-state index is -0.641. The summed E-state index contributed by atoms with van der Waals surface area (Å²) in [6.07, 6.45) is 4.19. The smallest absolute Gasteiger partial charge is 0.256 e. The van der Waals surface area contributed by atoms with Crippen molar-refractivity contribution in [2.45, 2.75) is 45.1 Å². The number of hydrogen-bond donors (Lipinski definition) is 1. The monoisotopic (exact) mass is 465 g/mol. The van der Waals surface area contributed by atoms with E-state index < -0.39 is 11.9 Å². The Kier molecular flexibility index (Phi) is 7.60. The second-order valence-corrected chi connectivity index (χ2v) is 9.31. The third-order valence-corrected chi connectivity index (χ3v) is 6.94. The van der Waals surface area contributed by atoms with Crippen molar-refractivity contribution in [2.24, 2.45) is 5.92 Å². The molecule has 2 aliphatic rings. The van der Waals surface area contributed by atoms with E-state index in [1.165, 1.54) is 12.1 Å². The first-order valence-electron chi connectivity index (χ1n) is 12.1. The van der Waals surface area contributed by atoms with Crippen molar-refractivity contribution in [3.63, 3.8) is 0 Å². The average molecular weight is 466 g/mol. The fourth-order valence-electron chi connectivity index (χ4n) is 4.86. The van der Waals surface area contributed by atoms with E-state index in [1.807, 2.05) is 24.0 Å². The number of likely N-dealkylation sites (tertiary alicyclic amines) is 2. The fraction of sp³-hybridized carbons (Fsp3) is 0.444. The molecule has 0 aliphatic carbocycles. The van der Waals surface area contributed by atoms with Gasteiger partial charge >= 0.3 is 0 Å². The highest BCUT2D eigenvalue weighted by Gasteiger charge is 2.36. The Balaban J connectivity index is 1.47. The van der Waals surface area contributed by atoms with Crippen molar-refractivity contribution in [1.82, 2.24) is 15.1 Å². The molecule has 0 aromatic heterocycles. The predicted octanol–water partition coefficient (Wildman–Crippen LogP) is 3.80. The summed E-state index contributed by atoms with van der Waals surface area (Å²) in [6.45, 7) is 4.21. The number of amides is 3. The highest BCUT2D eigenvalue weighted by Crippen LogP contribution is 2.25. The molecule has 0 spiro atoms. The molecule has 0 radical (unpaired) electrons. The summed E-state index contributed by atoms with van der Waals surface area (Å²) in [5.41, 5.74) is 1.65. The number of carbonyl (C=O) groups excluding carboxylic acids is 3. The highest BCUT2D eigenvalue weighted by molar-refractivity contribution is 5.98. The van der Waals surface area contributed by atoms with Crippen LogP contribution >= 0.6 is 0 Å². The first kappa shape index (κ1) is 23.9. The van der Waals surface area contributed by atoms with Crippen LogP contribution in [0, 0.1) is 18.7 Å². The summed E-state index contributed by atoms with van der Waals surface area (Å²) in [7, 11) is 0. The number of rotatable bonds is 5. The van der Waals surface area contributed by atoms with Gasteiger partial charge in [0, 0.05) is 31.7 Å². The SMILES string of the molecule is Cc1ccc(C(=O)NC(C(=O)N2CCCCC2)C2CCN(C(=O)c3ccccc3F)CC2)cc1. The molecule has 2 aliphatic heterocycles. The molecule has 2 aromatic rings. The largest absolute Gasteiger partial charge is 0.341 e. The summed E-state index contributed by atoms with van der Waals surface area (Å²) < 4.78 is 14.1. The van der Waals surface area contributed by atoms with E-state index in [2.05, 4.69) is 5.32 Å². The summed E-state index contributed by atoms with van der Waals surface area (Å²) in [5.74, 6) is -1.26. The van der Waals surface area contributed by atoms with Gasteiger partial charge < -0.3 is 15.1 Å². The number of nitrogens with zero attached hydrogens (tertiary/aromatic N) is 2. The van der Waals surface area contributed by atoms with Crippen LogP contribution in [0.3, 0.4) is 0 Å². The Morgan fingerprint density at radius 1 is 0.882 bits per heavy atom. The van der Waals surface area contributed by atoms with Crippen LogP contribution in [-0.4, -0.2) is 59.7 Å². The minimum absolute atomic E-state index is 0.0426. The Hall–Kier alpha value is -3.22. The standard InChI is InChI=1S/C27H32FN3O3/c1-19-9-11-21(12-10-19)25(32)29-24(27(34)30-15-5-2-6-16-30)20-13-17-31(18-14-20)26(33)22-7-3-4-8-23(22)28/h3-4,7-12,20,24H,2,5-6,13-18H2,1H3,(H,29,32). The summed E-state index contributed by atoms with van der Waals surface area (Å²) >= 11 is 0. The van der Waals surface area contributed by atoms with Gasteiger partial charge in [0.15, 0.2) is 0 Å². The lowest BCUT2D eigenvalue weighted by molar-refractivity contribution is -0.136. The molecule has 1 N–H and O–H groups in total. The van der Waals surface area contributed by atoms with Gasteiger partial charge in [-0.3, -0.25) is 14.4 Å². The van der Waals surface area contributed by atoms with Crippen molar-refractivity contribution in [1.29, 1.82) is 0 Å². The first-order chi connectivity index (χ1) is 16.4. The van der Waals surface area contributed by atoms with Crippen LogP contribution in [0.15, 0.2) is 48.5 Å². The molecular formula is C27H32FN3O3. The maximum absolute atomic E-state index is 14.1. The van der Waals surface area contributed by atoms with Crippen LogP contribution < -0.4 is 5.32 Å². The zero-order chi connectivity index (χ0) is 24.1. The molecule has 1 atom stereocenters. The number of nitrogens with one attached hydrogen (secondary N) is 1. The van der Waals surface area contributed by atoms with E-state index in [1.54, 1.807) is 29.2 Å². The lowest BCUT2D eigenvalue weighted by atomic mass is 9.87. The van der Waals surface area contributed by atoms with Gasteiger partial charge in [0.05, 0.1) is 5.56 Å². The third kappa shape index (κ3) is 5.46. The lowest BCUT2D eigenvalue weighted by Crippen LogP contribution is -2.55. The second-order valence-electron chi connectivity index (χ2n) is 9.31. The maximum atomic E-state index is 14.1. The Morgan fingerprint density at radius 2 is 1.53 bits per heavy atom. The molecule has 2 aromatic carbocycles. The number of piperidine rings is 2. The molecule has 4 rings (SSSR count). The summed E-state index contributed by atoms with van der Waals surface area (Å²) in [6, 6.07) is 12.6. The van der Waals surface area contributed by atoms with Gasteiger partial charge in [-0.15, -0.1) is 0 Å². The number of benzene rings is 2. The molecule has 7 heteroatoms. The van der Waals surface area contributed by atoms with Gasteiger partial charge in [-0.1, -0.05) is 29.8 Å². The van der Waals surface area contributed by atoms with Crippen molar-refractivity contribution in [3.05, 3.63) is 71.0 Å². The van der Waals surface area contributed by atoms with Crippen LogP contribution in [0.1, 0.15) is 58.4 Å². The van der Waals surface area contributed by atoms with Gasteiger partial charge in [0.1, 0.15) is 11.9 Å². The normalized spacial score (nSPS) is 17.8. The second kappa shape index (κ2) is 10.8. The topological polar surface area (TPSA) is 69.7 Å². The predicted molar refractivity (Wildman–Crippen MR) is 128 cm³/mol. The Labute approximate surface area is 200 Å². The van der Waals surface area contributed by atoms with E-state index in [0.717, 1.165) is 24.8 Å². The average Bonchev–Trinajstić information content (AvgIpc) is 2.88. The zero-order valence-electron chi connectivity index (χ0n) is 19.6. The third-order valence-electron chi connectivity index (χ3n) is 6.94. The van der Waals surface area contributed by atoms with E-state index in [9.17, 15) is 18.8 Å². The van der Waals surface area contributed by atoms with Crippen LogP contribution in [0.4, 0.5) is 4.39 Å². The number of carbonyl (C=O) groups is 3. The molecule has 1 unspecified atom stereocenters. The van der Waals surface area contributed by atoms with Crippen LogP contribution in [0.25, 0.3) is 0 Å². The van der Waals surface area contributed by atoms with Gasteiger partial charge in [-0.2, -0.15) is 0 Å². The van der Waals surface area contributed by atoms with Crippen molar-refractivity contribution in [2.75, 3.05) is 26.2 Å². The van der Waals surface area contributed by atoms with E-state index in [-0.39, 0.29) is 29.2 Å². The quantitative estimate of drug-likeness (QED) is 0.730. The lowest BCUT2D eigenvalue weighted by Gasteiger charge is -2.38. The van der Waals surface area contributed by atoms with Gasteiger partial charge in [0.25, 0.3) is 11.8 Å². The molecule has 34 heavy (non-hydrogen) atoms. The Bertz CT molecular complexity index is 1030. The molecule has 2 heterocycles. The van der Waals surface area contributed by atoms with Crippen LogP contribution in [0.2, 0.25) is 0 Å². The van der Waals surface area contributed by atoms with E-state index in [0.29, 0.717) is 44.6 Å². The minimum Gasteiger partial charge on any atom is -0.341 e. The van der Waals surface area contributed by atoms with Crippen LogP contribution in [-0.2, 0) is 4.79 Å². The van der Waals surface area contributed by atoms with E-state index in [4.69, 9.17) is 0 Å². The zero-order valence-corrected chi connectivity index (χ0v) is 19.6. The van der Waals surface area contributed by atoms with Gasteiger partial charge in [-0.05, 0) is 69.2 Å². The van der Waals surface area contributed by atoms with Crippen molar-refractivity contribution < 1.29 is 18.8 Å². The molecule has 6 nitrogen and oxygen atoms in total. The Morgan fingerprint density at radius 3 is 2.18 bits per heavy atom.